The van der Waals surface area contributed by atoms with Crippen LogP contribution < -0.4 is 10.6 Å². The third kappa shape index (κ3) is 4.69. The minimum absolute atomic E-state index is 0.196. The zero-order valence-corrected chi connectivity index (χ0v) is 10.00. The second-order valence-electron chi connectivity index (χ2n) is 3.37. The van der Waals surface area contributed by atoms with Crippen LogP contribution in [0.25, 0.3) is 0 Å². The number of carboxylic acids is 1. The highest BCUT2D eigenvalue weighted by Crippen LogP contribution is 2.04. The van der Waals surface area contributed by atoms with E-state index in [1.165, 1.54) is 17.4 Å². The van der Waals surface area contributed by atoms with Gasteiger partial charge in [-0.1, -0.05) is 6.08 Å². The smallest absolute Gasteiger partial charge is 0.326 e. The van der Waals surface area contributed by atoms with Crippen molar-refractivity contribution in [3.63, 3.8) is 0 Å². The van der Waals surface area contributed by atoms with Gasteiger partial charge >= 0.3 is 12.0 Å². The average Bonchev–Trinajstić information content (AvgIpc) is 2.78. The standard InChI is InChI=1S/C11H14N2O3S/c1-2-3-9(10(14)15)13-11(16)12-6-8-4-5-17-7-8/h2,4-5,7,9H,1,3,6H2,(H,14,15)(H2,12,13,16). The largest absolute Gasteiger partial charge is 0.480 e. The summed E-state index contributed by atoms with van der Waals surface area (Å²) in [6, 6.07) is 0.462. The van der Waals surface area contributed by atoms with Gasteiger partial charge in [-0.05, 0) is 28.8 Å². The first-order valence-corrected chi connectivity index (χ1v) is 5.97. The lowest BCUT2D eigenvalue weighted by atomic mass is 10.2. The molecule has 0 aromatic carbocycles. The Morgan fingerprint density at radius 1 is 1.59 bits per heavy atom. The molecule has 2 amide bonds. The van der Waals surface area contributed by atoms with Crippen LogP contribution >= 0.6 is 11.3 Å². The average molecular weight is 254 g/mol. The summed E-state index contributed by atoms with van der Waals surface area (Å²) in [6.45, 7) is 3.83. The summed E-state index contributed by atoms with van der Waals surface area (Å²) in [7, 11) is 0. The quantitative estimate of drug-likeness (QED) is 0.674. The fraction of sp³-hybridized carbons (Fsp3) is 0.273. The van der Waals surface area contributed by atoms with Crippen molar-refractivity contribution in [1.82, 2.24) is 10.6 Å². The number of urea groups is 1. The molecule has 3 N–H and O–H groups in total. The van der Waals surface area contributed by atoms with E-state index < -0.39 is 18.0 Å². The number of carbonyl (C=O) groups excluding carboxylic acids is 1. The Morgan fingerprint density at radius 2 is 2.35 bits per heavy atom. The highest BCUT2D eigenvalue weighted by atomic mass is 32.1. The van der Waals surface area contributed by atoms with Crippen LogP contribution in [0, 0.1) is 0 Å². The number of aliphatic carboxylic acids is 1. The van der Waals surface area contributed by atoms with E-state index in [9.17, 15) is 9.59 Å². The Labute approximate surface area is 103 Å². The highest BCUT2D eigenvalue weighted by molar-refractivity contribution is 7.07. The van der Waals surface area contributed by atoms with Gasteiger partial charge in [-0.25, -0.2) is 9.59 Å². The molecular weight excluding hydrogens is 240 g/mol. The van der Waals surface area contributed by atoms with E-state index in [2.05, 4.69) is 17.2 Å². The first-order valence-electron chi connectivity index (χ1n) is 5.02. The van der Waals surface area contributed by atoms with Crippen molar-refractivity contribution in [3.8, 4) is 0 Å². The molecule has 0 bridgehead atoms. The summed E-state index contributed by atoms with van der Waals surface area (Å²) in [5.41, 5.74) is 0.987. The topological polar surface area (TPSA) is 78.4 Å². The number of hydrogen-bond donors (Lipinski definition) is 3. The zero-order valence-electron chi connectivity index (χ0n) is 9.18. The van der Waals surface area contributed by atoms with Gasteiger partial charge in [0, 0.05) is 6.54 Å². The molecule has 0 saturated carbocycles. The highest BCUT2D eigenvalue weighted by Gasteiger charge is 2.17. The van der Waals surface area contributed by atoms with Gasteiger partial charge in [-0.15, -0.1) is 6.58 Å². The maximum Gasteiger partial charge on any atom is 0.326 e. The molecule has 1 heterocycles. The lowest BCUT2D eigenvalue weighted by Crippen LogP contribution is -2.45. The number of hydrogen-bond acceptors (Lipinski definition) is 3. The van der Waals surface area contributed by atoms with Gasteiger partial charge in [0.05, 0.1) is 0 Å². The van der Waals surface area contributed by atoms with Gasteiger partial charge in [0.15, 0.2) is 0 Å². The van der Waals surface area contributed by atoms with Crippen LogP contribution in [0.15, 0.2) is 29.5 Å². The predicted molar refractivity (Wildman–Crippen MR) is 65.9 cm³/mol. The van der Waals surface area contributed by atoms with E-state index in [-0.39, 0.29) is 6.42 Å². The molecule has 0 fully saturated rings. The second-order valence-corrected chi connectivity index (χ2v) is 4.15. The molecule has 92 valence electrons. The van der Waals surface area contributed by atoms with Crippen molar-refractivity contribution in [1.29, 1.82) is 0 Å². The molecule has 0 aliphatic carbocycles. The van der Waals surface area contributed by atoms with Crippen LogP contribution in [0.3, 0.4) is 0 Å². The zero-order chi connectivity index (χ0) is 12.7. The van der Waals surface area contributed by atoms with Gasteiger partial charge in [0.25, 0.3) is 0 Å². The van der Waals surface area contributed by atoms with E-state index in [4.69, 9.17) is 5.11 Å². The van der Waals surface area contributed by atoms with E-state index in [1.807, 2.05) is 16.8 Å². The van der Waals surface area contributed by atoms with Crippen LogP contribution in [0.1, 0.15) is 12.0 Å². The van der Waals surface area contributed by atoms with Crippen molar-refractivity contribution in [3.05, 3.63) is 35.0 Å². The molecule has 6 heteroatoms. The number of amides is 2. The van der Waals surface area contributed by atoms with Crippen molar-refractivity contribution in [2.45, 2.75) is 19.0 Å². The minimum Gasteiger partial charge on any atom is -0.480 e. The van der Waals surface area contributed by atoms with Crippen LogP contribution in [-0.4, -0.2) is 23.1 Å². The van der Waals surface area contributed by atoms with E-state index in [0.29, 0.717) is 6.54 Å². The molecule has 1 aromatic heterocycles. The van der Waals surface area contributed by atoms with E-state index >= 15 is 0 Å². The second kappa shape index (κ2) is 6.70. The maximum atomic E-state index is 11.4. The molecule has 1 atom stereocenters. The first kappa shape index (κ1) is 13.2. The van der Waals surface area contributed by atoms with Gasteiger partial charge in [0.2, 0.25) is 0 Å². The third-order valence-electron chi connectivity index (χ3n) is 2.04. The predicted octanol–water partition coefficient (Wildman–Crippen LogP) is 1.58. The van der Waals surface area contributed by atoms with Crippen molar-refractivity contribution < 1.29 is 14.7 Å². The lowest BCUT2D eigenvalue weighted by molar-refractivity contribution is -0.139. The molecule has 5 nitrogen and oxygen atoms in total. The Morgan fingerprint density at radius 3 is 2.88 bits per heavy atom. The summed E-state index contributed by atoms with van der Waals surface area (Å²) < 4.78 is 0. The normalized spacial score (nSPS) is 11.5. The molecule has 1 unspecified atom stereocenters. The Hall–Kier alpha value is -1.82. The monoisotopic (exact) mass is 254 g/mol. The molecule has 1 aromatic rings. The molecule has 0 aliphatic heterocycles. The van der Waals surface area contributed by atoms with Crippen molar-refractivity contribution in [2.24, 2.45) is 0 Å². The molecule has 1 rings (SSSR count). The number of rotatable bonds is 6. The van der Waals surface area contributed by atoms with Crippen molar-refractivity contribution >= 4 is 23.3 Å². The molecule has 17 heavy (non-hydrogen) atoms. The Kier molecular flexibility index (Phi) is 5.22. The molecule has 0 spiro atoms. The Bertz CT molecular complexity index is 389. The van der Waals surface area contributed by atoms with Crippen LogP contribution in [0.2, 0.25) is 0 Å². The van der Waals surface area contributed by atoms with E-state index in [0.717, 1.165) is 5.56 Å². The summed E-state index contributed by atoms with van der Waals surface area (Å²) in [6.07, 6.45) is 1.65. The summed E-state index contributed by atoms with van der Waals surface area (Å²) in [4.78, 5) is 22.2. The molecular formula is C11H14N2O3S. The van der Waals surface area contributed by atoms with Crippen LogP contribution in [0.5, 0.6) is 0 Å². The van der Waals surface area contributed by atoms with Gasteiger partial charge in [-0.2, -0.15) is 11.3 Å². The molecule has 0 aliphatic rings. The SMILES string of the molecule is C=CCC(NC(=O)NCc1ccsc1)C(=O)O. The van der Waals surface area contributed by atoms with Crippen LogP contribution in [-0.2, 0) is 11.3 Å². The van der Waals surface area contributed by atoms with Crippen molar-refractivity contribution in [2.75, 3.05) is 0 Å². The van der Waals surface area contributed by atoms with Crippen LogP contribution in [0.4, 0.5) is 4.79 Å². The van der Waals surface area contributed by atoms with Gasteiger partial charge in [0.1, 0.15) is 6.04 Å². The van der Waals surface area contributed by atoms with Gasteiger partial charge < -0.3 is 15.7 Å². The Balaban J connectivity index is 2.37. The number of carbonyl (C=O) groups is 2. The summed E-state index contributed by atoms with van der Waals surface area (Å²) in [5, 5.41) is 17.6. The number of thiophene rings is 1. The first-order chi connectivity index (χ1) is 8.13. The molecule has 0 radical (unpaired) electrons. The minimum atomic E-state index is -1.07. The number of carboxylic acid groups (broad SMARTS) is 1. The maximum absolute atomic E-state index is 11.4. The summed E-state index contributed by atoms with van der Waals surface area (Å²) >= 11 is 1.54. The summed E-state index contributed by atoms with van der Waals surface area (Å²) in [5.74, 6) is -1.07. The van der Waals surface area contributed by atoms with Gasteiger partial charge in [-0.3, -0.25) is 0 Å². The number of nitrogens with one attached hydrogen (secondary N) is 2. The van der Waals surface area contributed by atoms with E-state index in [1.54, 1.807) is 0 Å². The fourth-order valence-electron chi connectivity index (χ4n) is 1.17. The molecule has 0 saturated heterocycles. The fourth-order valence-corrected chi connectivity index (χ4v) is 1.84. The lowest BCUT2D eigenvalue weighted by Gasteiger charge is -2.13. The third-order valence-corrected chi connectivity index (χ3v) is 2.77.